The molecule has 0 aliphatic heterocycles. The zero-order valence-corrected chi connectivity index (χ0v) is 71.5. The van der Waals surface area contributed by atoms with Gasteiger partial charge in [-0.15, -0.1) is 0 Å². The van der Waals surface area contributed by atoms with Crippen LogP contribution < -0.4 is 0 Å². The van der Waals surface area contributed by atoms with Gasteiger partial charge in [0.1, 0.15) is 0 Å². The van der Waals surface area contributed by atoms with Crippen LogP contribution in [0.3, 0.4) is 0 Å². The van der Waals surface area contributed by atoms with Crippen molar-refractivity contribution in [1.29, 1.82) is 0 Å². The van der Waals surface area contributed by atoms with Crippen LogP contribution in [0.1, 0.15) is 0 Å². The molecule has 0 amide bonds. The van der Waals surface area contributed by atoms with Crippen molar-refractivity contribution >= 4 is 560 Å². The third kappa shape index (κ3) is 106. The molecule has 18 heteroatoms. The summed E-state index contributed by atoms with van der Waals surface area (Å²) in [5.41, 5.74) is 0. The van der Waals surface area contributed by atoms with Crippen molar-refractivity contribution in [3.05, 3.63) is 0 Å². The Morgan fingerprint density at radius 2 is 0.278 bits per heavy atom. The molecule has 0 saturated carbocycles. The molecule has 0 aliphatic rings. The molecule has 0 nitrogen and oxygen atoms in total. The Labute approximate surface area is 530 Å². The quantitative estimate of drug-likeness (QED) is 0.212. The molecule has 0 saturated heterocycles. The van der Waals surface area contributed by atoms with Crippen LogP contribution in [0.15, 0.2) is 0 Å². The first kappa shape index (κ1) is 90.0. The molecule has 0 bridgehead atoms. The Balaban J connectivity index is -0.000000000833. The molecule has 18 heavy (non-hydrogen) atoms. The van der Waals surface area contributed by atoms with Crippen LogP contribution >= 0.6 is 0 Å². The summed E-state index contributed by atoms with van der Waals surface area (Å²) < 4.78 is 0. The van der Waals surface area contributed by atoms with Crippen LogP contribution in [0.2, 0.25) is 0 Å². The molecular formula is Bi6K10Sn2. The summed E-state index contributed by atoms with van der Waals surface area (Å²) >= 11 is 10.0. The Hall–Kier alpha value is 23.3. The van der Waals surface area contributed by atoms with Crippen LogP contribution in [0.25, 0.3) is 0 Å². The van der Waals surface area contributed by atoms with Crippen LogP contribution in [0.5, 0.6) is 0 Å². The van der Waals surface area contributed by atoms with Gasteiger partial charge in [0.25, 0.3) is 0 Å². The Morgan fingerprint density at radius 1 is 0.278 bits per heavy atom. The van der Waals surface area contributed by atoms with E-state index in [0.29, 0.717) is 0 Å². The van der Waals surface area contributed by atoms with Crippen molar-refractivity contribution in [2.24, 2.45) is 0 Å². The number of hydrogen-bond donors (Lipinski definition) is 0. The average molecular weight is 1880 g/mol. The Bertz CT molecular complexity index is 24.3. The predicted octanol–water partition coefficient (Wildman–Crippen LogP) is -6.85. The molecule has 0 heterocycles. The minimum absolute atomic E-state index is 0. The maximum Gasteiger partial charge on any atom is 0 e. The predicted molar refractivity (Wildman–Crippen MR) is 104 cm³/mol. The molecule has 0 atom stereocenters. The smallest absolute Gasteiger partial charge is 0 e. The molecule has 48 valence electrons. The molecule has 0 unspecified atom stereocenters. The Kier molecular flexibility index (Phi) is 573. The van der Waals surface area contributed by atoms with E-state index >= 15 is 0 Å². The maximum absolute atomic E-state index is 1.25. The minimum atomic E-state index is 0. The first-order chi connectivity index (χ1) is 4.00. The minimum Gasteiger partial charge on any atom is 0 e. The van der Waals surface area contributed by atoms with Crippen molar-refractivity contribution in [3.8, 4) is 0 Å². The summed E-state index contributed by atoms with van der Waals surface area (Å²) in [6, 6.07) is 0. The van der Waals surface area contributed by atoms with E-state index in [1.54, 1.807) is 0 Å². The standard InChI is InChI=1S/6Bi.10K.2Sn. The largest absolute Gasteiger partial charge is 0 e. The van der Waals surface area contributed by atoms with Crippen LogP contribution in [-0.2, 0) is 0 Å². The van der Waals surface area contributed by atoms with Gasteiger partial charge in [0.15, 0.2) is 0 Å². The summed E-state index contributed by atoms with van der Waals surface area (Å²) in [4.78, 5) is 0. The van der Waals surface area contributed by atoms with Gasteiger partial charge < -0.3 is 0 Å². The van der Waals surface area contributed by atoms with E-state index in [9.17, 15) is 0 Å². The fourth-order valence-corrected chi connectivity index (χ4v) is 0. The van der Waals surface area contributed by atoms with Gasteiger partial charge in [-0.2, -0.15) is 0 Å². The van der Waals surface area contributed by atoms with Crippen LogP contribution in [0.4, 0.5) is 0 Å². The van der Waals surface area contributed by atoms with E-state index in [1.807, 2.05) is 0 Å². The van der Waals surface area contributed by atoms with Crippen molar-refractivity contribution in [2.45, 2.75) is 0 Å². The summed E-state index contributed by atoms with van der Waals surface area (Å²) in [6.07, 6.45) is 0. The zero-order valence-electron chi connectivity index (χ0n) is 13.7. The van der Waals surface area contributed by atoms with Crippen molar-refractivity contribution in [1.82, 2.24) is 0 Å². The van der Waals surface area contributed by atoms with E-state index in [4.69, 9.17) is 0 Å². The van der Waals surface area contributed by atoms with Crippen LogP contribution in [0, 0.1) is 0 Å². The molecule has 0 rings (SSSR count). The second kappa shape index (κ2) is 115. The SMILES string of the molecule is [Bi].[Bi].[Bi].[Bi].[Bi].[Bi].[K].[K].[K][K].[K][K].[K][K].[K][K].[Sn].[Sn]. The van der Waals surface area contributed by atoms with Crippen molar-refractivity contribution < 1.29 is 0 Å². The normalized spacial score (nSPS) is 1.78. The summed E-state index contributed by atoms with van der Waals surface area (Å²) in [5, 5.41) is 0. The molecule has 0 fully saturated rings. The topological polar surface area (TPSA) is 0 Å². The number of rotatable bonds is 0. The Morgan fingerprint density at radius 3 is 0.278 bits per heavy atom. The van der Waals surface area contributed by atoms with Gasteiger partial charge in [-0.1, -0.05) is 0 Å². The van der Waals surface area contributed by atoms with Gasteiger partial charge in [0.2, 0.25) is 0 Å². The van der Waals surface area contributed by atoms with Gasteiger partial charge in [0.05, 0.1) is 0 Å². The van der Waals surface area contributed by atoms with Gasteiger partial charge in [0, 0.05) is 308 Å². The van der Waals surface area contributed by atoms with Gasteiger partial charge in [-0.3, -0.25) is 0 Å². The van der Waals surface area contributed by atoms with Crippen LogP contribution in [-0.4, -0.2) is 560 Å². The third-order valence-electron chi connectivity index (χ3n) is 0. The second-order valence-corrected chi connectivity index (χ2v) is 0. The van der Waals surface area contributed by atoms with E-state index in [0.717, 1.165) is 0 Å². The van der Waals surface area contributed by atoms with Gasteiger partial charge >= 0.3 is 253 Å². The first-order valence-electron chi connectivity index (χ1n) is 4.00. The van der Waals surface area contributed by atoms with Gasteiger partial charge in [-0.05, 0) is 0 Å². The average Bonchev–Trinajstić information content (AvgIpc) is 2.03. The molecule has 0 aromatic carbocycles. The third-order valence-corrected chi connectivity index (χ3v) is 0. The fraction of sp³-hybridized carbons (Fsp3) is 0. The number of hydrogen-bond acceptors (Lipinski definition) is 0. The molecule has 0 N–H and O–H groups in total. The second-order valence-electron chi connectivity index (χ2n) is 0. The maximum atomic E-state index is 1.25. The molecule has 28 radical (unpaired) electrons. The van der Waals surface area contributed by atoms with Gasteiger partial charge in [-0.25, -0.2) is 0 Å². The van der Waals surface area contributed by atoms with Crippen molar-refractivity contribution in [2.75, 3.05) is 0 Å². The fourth-order valence-electron chi connectivity index (χ4n) is 0. The molecular weight excluding hydrogens is 1880 g/mol. The zero-order chi connectivity index (χ0) is 8.00. The molecule has 0 aliphatic carbocycles. The van der Waals surface area contributed by atoms with E-state index in [-0.39, 0.29) is 308 Å². The summed E-state index contributed by atoms with van der Waals surface area (Å²) in [6.45, 7) is 0. The summed E-state index contributed by atoms with van der Waals surface area (Å²) in [5.74, 6) is 0. The first-order valence-corrected chi connectivity index (χ1v) is 68.0. The van der Waals surface area contributed by atoms with E-state index in [1.165, 1.54) is 253 Å². The monoisotopic (exact) mass is 1880 g/mol. The molecule has 0 aromatic heterocycles. The summed E-state index contributed by atoms with van der Waals surface area (Å²) in [7, 11) is 0. The molecule has 0 spiro atoms. The van der Waals surface area contributed by atoms with Crippen molar-refractivity contribution in [3.63, 3.8) is 0 Å². The van der Waals surface area contributed by atoms with E-state index in [2.05, 4.69) is 0 Å². The molecule has 0 aromatic rings. The van der Waals surface area contributed by atoms with E-state index < -0.39 is 0 Å².